The summed E-state index contributed by atoms with van der Waals surface area (Å²) in [5.74, 6) is 0.652. The molecule has 7 heteroatoms. The molecule has 3 rings (SSSR count). The molecule has 3 aromatic rings. The van der Waals surface area contributed by atoms with Gasteiger partial charge in [0.1, 0.15) is 11.6 Å². The molecule has 2 aromatic heterocycles. The van der Waals surface area contributed by atoms with Gasteiger partial charge in [0.25, 0.3) is 0 Å². The van der Waals surface area contributed by atoms with Crippen LogP contribution in [0.5, 0.6) is 5.75 Å². The molecule has 0 aliphatic heterocycles. The average Bonchev–Trinajstić information content (AvgIpc) is 2.59. The highest BCUT2D eigenvalue weighted by molar-refractivity contribution is 6.05. The number of benzene rings is 1. The molecule has 23 heavy (non-hydrogen) atoms. The number of anilines is 1. The van der Waals surface area contributed by atoms with E-state index in [1.54, 1.807) is 25.4 Å². The predicted molar refractivity (Wildman–Crippen MR) is 88.0 cm³/mol. The van der Waals surface area contributed by atoms with Gasteiger partial charge in [-0.25, -0.2) is 4.98 Å². The van der Waals surface area contributed by atoms with E-state index in [-0.39, 0.29) is 11.7 Å². The number of fused-ring (bicyclic) bond motifs is 1. The topological polar surface area (TPSA) is 117 Å². The van der Waals surface area contributed by atoms with E-state index in [1.807, 2.05) is 29.7 Å². The molecule has 0 bridgehead atoms. The molecule has 0 amide bonds. The maximum absolute atomic E-state index is 9.18. The lowest BCUT2D eigenvalue weighted by atomic mass is 10.0. The first-order valence-electron chi connectivity index (χ1n) is 6.82. The van der Waals surface area contributed by atoms with Gasteiger partial charge in [-0.3, -0.25) is 21.1 Å². The van der Waals surface area contributed by atoms with Crippen LogP contribution in [0.25, 0.3) is 22.2 Å². The third-order valence-electron chi connectivity index (χ3n) is 3.48. The number of hydrogen-bond donors (Lipinski definition) is 4. The van der Waals surface area contributed by atoms with Crippen LogP contribution in [-0.4, -0.2) is 28.1 Å². The number of rotatable bonds is 4. The molecule has 1 aromatic carbocycles. The number of methoxy groups -OCH3 is 1. The Morgan fingerprint density at radius 3 is 2.83 bits per heavy atom. The molecular formula is C16H15N5O2. The van der Waals surface area contributed by atoms with Crippen LogP contribution in [0.15, 0.2) is 42.6 Å². The third-order valence-corrected chi connectivity index (χ3v) is 3.48. The summed E-state index contributed by atoms with van der Waals surface area (Å²) in [5.41, 5.74) is 10.0. The van der Waals surface area contributed by atoms with Gasteiger partial charge in [-0.1, -0.05) is 12.1 Å². The van der Waals surface area contributed by atoms with Crippen LogP contribution in [0.2, 0.25) is 0 Å². The van der Waals surface area contributed by atoms with Crippen molar-refractivity contribution in [1.29, 1.82) is 5.41 Å². The van der Waals surface area contributed by atoms with E-state index in [9.17, 15) is 5.21 Å². The van der Waals surface area contributed by atoms with Crippen LogP contribution >= 0.6 is 0 Å². The number of ether oxygens (including phenoxy) is 1. The Hall–Kier alpha value is -3.19. The molecule has 0 radical (unpaired) electrons. The Kier molecular flexibility index (Phi) is 3.78. The summed E-state index contributed by atoms with van der Waals surface area (Å²) in [4.78, 5) is 8.71. The Balaban J connectivity index is 2.29. The zero-order chi connectivity index (χ0) is 16.4. The van der Waals surface area contributed by atoms with Crippen molar-refractivity contribution in [3.05, 3.63) is 48.2 Å². The number of nitrogen functional groups attached to an aromatic ring is 1. The third kappa shape index (κ3) is 2.65. The SMILES string of the molecule is COc1cccc(-c2nccc3nc(NO)c(C(=N)N)cc23)c1. The molecule has 0 saturated carbocycles. The van der Waals surface area contributed by atoms with Gasteiger partial charge >= 0.3 is 0 Å². The smallest absolute Gasteiger partial charge is 0.161 e. The van der Waals surface area contributed by atoms with Crippen molar-refractivity contribution >= 4 is 22.6 Å². The highest BCUT2D eigenvalue weighted by Crippen LogP contribution is 2.30. The molecule has 2 heterocycles. The van der Waals surface area contributed by atoms with Gasteiger partial charge in [0.15, 0.2) is 5.82 Å². The minimum atomic E-state index is -0.198. The number of nitrogens with one attached hydrogen (secondary N) is 2. The lowest BCUT2D eigenvalue weighted by Gasteiger charge is -2.11. The molecule has 0 aliphatic rings. The van der Waals surface area contributed by atoms with Crippen molar-refractivity contribution in [2.45, 2.75) is 0 Å². The normalized spacial score (nSPS) is 10.5. The molecular weight excluding hydrogens is 294 g/mol. The fraction of sp³-hybridized carbons (Fsp3) is 0.0625. The number of hydrogen-bond acceptors (Lipinski definition) is 6. The molecule has 0 fully saturated rings. The van der Waals surface area contributed by atoms with Crippen LogP contribution < -0.4 is 16.0 Å². The van der Waals surface area contributed by atoms with E-state index in [2.05, 4.69) is 9.97 Å². The number of amidine groups is 1. The number of aromatic nitrogens is 2. The number of nitrogens with two attached hydrogens (primary N) is 1. The number of pyridine rings is 2. The van der Waals surface area contributed by atoms with Crippen molar-refractivity contribution in [1.82, 2.24) is 9.97 Å². The fourth-order valence-corrected chi connectivity index (χ4v) is 2.39. The molecule has 0 spiro atoms. The largest absolute Gasteiger partial charge is 0.497 e. The summed E-state index contributed by atoms with van der Waals surface area (Å²) < 4.78 is 5.25. The summed E-state index contributed by atoms with van der Waals surface area (Å²) in [6.45, 7) is 0. The van der Waals surface area contributed by atoms with E-state index in [1.165, 1.54) is 0 Å². The van der Waals surface area contributed by atoms with E-state index in [4.69, 9.17) is 15.9 Å². The first-order chi connectivity index (χ1) is 11.1. The molecule has 0 atom stereocenters. The summed E-state index contributed by atoms with van der Waals surface area (Å²) in [5, 5.41) is 17.6. The van der Waals surface area contributed by atoms with Crippen molar-refractivity contribution in [2.75, 3.05) is 12.6 Å². The van der Waals surface area contributed by atoms with Crippen LogP contribution in [0.3, 0.4) is 0 Å². The van der Waals surface area contributed by atoms with Crippen molar-refractivity contribution in [2.24, 2.45) is 5.73 Å². The second kappa shape index (κ2) is 5.90. The Morgan fingerprint density at radius 2 is 2.13 bits per heavy atom. The lowest BCUT2D eigenvalue weighted by Crippen LogP contribution is -2.14. The molecule has 7 nitrogen and oxygen atoms in total. The van der Waals surface area contributed by atoms with Gasteiger partial charge in [-0.05, 0) is 24.3 Å². The van der Waals surface area contributed by atoms with Gasteiger partial charge in [0.05, 0.1) is 23.9 Å². The minimum absolute atomic E-state index is 0.132. The van der Waals surface area contributed by atoms with Crippen LogP contribution in [0, 0.1) is 5.41 Å². The Morgan fingerprint density at radius 1 is 1.30 bits per heavy atom. The number of nitrogens with zero attached hydrogens (tertiary/aromatic N) is 2. The zero-order valence-corrected chi connectivity index (χ0v) is 12.4. The van der Waals surface area contributed by atoms with E-state index >= 15 is 0 Å². The molecule has 0 unspecified atom stereocenters. The lowest BCUT2D eigenvalue weighted by molar-refractivity contribution is 0.386. The predicted octanol–water partition coefficient (Wildman–Crippen LogP) is 2.39. The first-order valence-corrected chi connectivity index (χ1v) is 6.82. The maximum atomic E-state index is 9.18. The molecule has 116 valence electrons. The molecule has 0 saturated heterocycles. The standard InChI is InChI=1S/C16H15N5O2/c1-23-10-4-2-3-9(7-10)14-11-8-12(15(17)18)16(21-22)20-13(11)5-6-19-14/h2-8,22H,1H3,(H3,17,18)(H,20,21). The monoisotopic (exact) mass is 309 g/mol. The van der Waals surface area contributed by atoms with Gasteiger partial charge in [-0.2, -0.15) is 0 Å². The first kappa shape index (κ1) is 14.7. The van der Waals surface area contributed by atoms with Crippen LogP contribution in [-0.2, 0) is 0 Å². The fourth-order valence-electron chi connectivity index (χ4n) is 2.39. The summed E-state index contributed by atoms with van der Waals surface area (Å²) in [6, 6.07) is 10.9. The summed E-state index contributed by atoms with van der Waals surface area (Å²) in [7, 11) is 1.60. The maximum Gasteiger partial charge on any atom is 0.161 e. The zero-order valence-electron chi connectivity index (χ0n) is 12.4. The Labute approximate surface area is 132 Å². The van der Waals surface area contributed by atoms with Crippen LogP contribution in [0.1, 0.15) is 5.56 Å². The van der Waals surface area contributed by atoms with Gasteiger partial charge in [0, 0.05) is 17.1 Å². The van der Waals surface area contributed by atoms with Gasteiger partial charge in [0.2, 0.25) is 0 Å². The van der Waals surface area contributed by atoms with E-state index in [0.29, 0.717) is 16.8 Å². The highest BCUT2D eigenvalue weighted by Gasteiger charge is 2.13. The minimum Gasteiger partial charge on any atom is -0.497 e. The van der Waals surface area contributed by atoms with Gasteiger partial charge < -0.3 is 10.5 Å². The van der Waals surface area contributed by atoms with Crippen LogP contribution in [0.4, 0.5) is 5.82 Å². The van der Waals surface area contributed by atoms with E-state index in [0.717, 1.165) is 16.7 Å². The van der Waals surface area contributed by atoms with Crippen molar-refractivity contribution < 1.29 is 9.94 Å². The van der Waals surface area contributed by atoms with Crippen molar-refractivity contribution in [3.8, 4) is 17.0 Å². The summed E-state index contributed by atoms with van der Waals surface area (Å²) >= 11 is 0. The summed E-state index contributed by atoms with van der Waals surface area (Å²) in [6.07, 6.45) is 1.64. The molecule has 0 aliphatic carbocycles. The Bertz CT molecular complexity index is 895. The van der Waals surface area contributed by atoms with Crippen molar-refractivity contribution in [3.63, 3.8) is 0 Å². The quantitative estimate of drug-likeness (QED) is 0.334. The second-order valence-electron chi connectivity index (χ2n) is 4.87. The van der Waals surface area contributed by atoms with Gasteiger partial charge in [-0.15, -0.1) is 0 Å². The second-order valence-corrected chi connectivity index (χ2v) is 4.87. The molecule has 5 N–H and O–H groups in total. The average molecular weight is 309 g/mol. The highest BCUT2D eigenvalue weighted by atomic mass is 16.5. The van der Waals surface area contributed by atoms with E-state index < -0.39 is 0 Å².